The summed E-state index contributed by atoms with van der Waals surface area (Å²) in [6, 6.07) is 13.4. The van der Waals surface area contributed by atoms with Crippen molar-refractivity contribution >= 4 is 33.5 Å². The van der Waals surface area contributed by atoms with Crippen LogP contribution in [0.3, 0.4) is 0 Å². The zero-order chi connectivity index (χ0) is 17.2. The Bertz CT molecular complexity index is 918. The third-order valence-corrected chi connectivity index (χ3v) is 4.61. The van der Waals surface area contributed by atoms with Gasteiger partial charge in [0.2, 0.25) is 0 Å². The Morgan fingerprint density at radius 2 is 1.76 bits per heavy atom. The summed E-state index contributed by atoms with van der Waals surface area (Å²) < 4.78 is 0. The highest BCUT2D eigenvalue weighted by Crippen LogP contribution is 2.33. The molecule has 0 bridgehead atoms. The fourth-order valence-electron chi connectivity index (χ4n) is 3.33. The second kappa shape index (κ2) is 6.39. The van der Waals surface area contributed by atoms with Crippen molar-refractivity contribution in [3.05, 3.63) is 65.0 Å². The van der Waals surface area contributed by atoms with E-state index in [1.165, 1.54) is 30.8 Å². The molecule has 1 saturated heterocycles. The van der Waals surface area contributed by atoms with E-state index in [0.717, 1.165) is 29.9 Å². The van der Waals surface area contributed by atoms with Gasteiger partial charge in [0, 0.05) is 54.0 Å². The van der Waals surface area contributed by atoms with Crippen LogP contribution in [0.25, 0.3) is 10.8 Å². The molecule has 4 rings (SSSR count). The zero-order valence-corrected chi connectivity index (χ0v) is 13.7. The molecule has 0 unspecified atom stereocenters. The Hall–Kier alpha value is -3.15. The van der Waals surface area contributed by atoms with Gasteiger partial charge in [-0.3, -0.25) is 15.1 Å². The molecule has 126 valence electrons. The Labute approximate surface area is 145 Å². The van der Waals surface area contributed by atoms with Crippen molar-refractivity contribution < 1.29 is 4.92 Å². The van der Waals surface area contributed by atoms with E-state index < -0.39 is 0 Å². The lowest BCUT2D eigenvalue weighted by Gasteiger charge is -2.18. The topological polar surface area (TPSA) is 71.3 Å². The number of anilines is 3. The van der Waals surface area contributed by atoms with Crippen molar-refractivity contribution in [1.29, 1.82) is 0 Å². The summed E-state index contributed by atoms with van der Waals surface area (Å²) in [5, 5.41) is 15.9. The average Bonchev–Trinajstić information content (AvgIpc) is 3.17. The lowest BCUT2D eigenvalue weighted by Crippen LogP contribution is -2.17. The van der Waals surface area contributed by atoms with E-state index in [-0.39, 0.29) is 10.6 Å². The number of fused-ring (bicyclic) bond motifs is 1. The number of benzene rings is 2. The first-order chi connectivity index (χ1) is 12.2. The number of aromatic nitrogens is 1. The molecule has 1 aliphatic heterocycles. The number of hydrogen-bond donors (Lipinski definition) is 1. The molecule has 1 N–H and O–H groups in total. The van der Waals surface area contributed by atoms with Crippen LogP contribution in [0.1, 0.15) is 12.8 Å². The number of non-ortho nitro benzene ring substituents is 1. The molecule has 0 aliphatic carbocycles. The molecule has 1 fully saturated rings. The minimum Gasteiger partial charge on any atom is -0.372 e. The number of nitrogens with zero attached hydrogens (tertiary/aromatic N) is 3. The molecule has 1 aliphatic rings. The molecular formula is C19H18N4O2. The molecule has 0 spiro atoms. The Morgan fingerprint density at radius 1 is 1.00 bits per heavy atom. The smallest absolute Gasteiger partial charge is 0.278 e. The van der Waals surface area contributed by atoms with Crippen LogP contribution in [0.5, 0.6) is 0 Å². The molecular weight excluding hydrogens is 316 g/mol. The van der Waals surface area contributed by atoms with Crippen molar-refractivity contribution in [1.82, 2.24) is 4.98 Å². The molecule has 3 aromatic rings. The first kappa shape index (κ1) is 15.4. The number of hydrogen-bond acceptors (Lipinski definition) is 5. The van der Waals surface area contributed by atoms with Gasteiger partial charge < -0.3 is 10.2 Å². The monoisotopic (exact) mass is 334 g/mol. The van der Waals surface area contributed by atoms with E-state index in [9.17, 15) is 10.1 Å². The number of nitro groups is 1. The fourth-order valence-corrected chi connectivity index (χ4v) is 3.33. The van der Waals surface area contributed by atoms with Crippen molar-refractivity contribution in [2.24, 2.45) is 0 Å². The van der Waals surface area contributed by atoms with Crippen LogP contribution < -0.4 is 10.2 Å². The maximum Gasteiger partial charge on any atom is 0.278 e. The van der Waals surface area contributed by atoms with Crippen LogP contribution >= 0.6 is 0 Å². The highest BCUT2D eigenvalue weighted by molar-refractivity contribution is 6.00. The lowest BCUT2D eigenvalue weighted by molar-refractivity contribution is -0.383. The van der Waals surface area contributed by atoms with Crippen LogP contribution in [0.2, 0.25) is 0 Å². The summed E-state index contributed by atoms with van der Waals surface area (Å²) in [7, 11) is 0. The zero-order valence-electron chi connectivity index (χ0n) is 13.7. The van der Waals surface area contributed by atoms with Crippen molar-refractivity contribution in [3.63, 3.8) is 0 Å². The van der Waals surface area contributed by atoms with Gasteiger partial charge in [-0.25, -0.2) is 0 Å². The minimum atomic E-state index is -0.376. The molecule has 1 aromatic heterocycles. The van der Waals surface area contributed by atoms with Gasteiger partial charge in [-0.05, 0) is 49.2 Å². The van der Waals surface area contributed by atoms with Crippen LogP contribution in [0, 0.1) is 10.1 Å². The predicted molar refractivity (Wildman–Crippen MR) is 99.6 cm³/mol. The molecule has 2 aromatic carbocycles. The van der Waals surface area contributed by atoms with Gasteiger partial charge in [0.15, 0.2) is 0 Å². The minimum absolute atomic E-state index is 0.0676. The van der Waals surface area contributed by atoms with Gasteiger partial charge in [-0.15, -0.1) is 0 Å². The highest BCUT2D eigenvalue weighted by Gasteiger charge is 2.15. The molecule has 0 atom stereocenters. The van der Waals surface area contributed by atoms with Gasteiger partial charge in [0.25, 0.3) is 5.69 Å². The normalized spacial score (nSPS) is 14.0. The maximum absolute atomic E-state index is 11.2. The van der Waals surface area contributed by atoms with Crippen LogP contribution in [-0.2, 0) is 0 Å². The van der Waals surface area contributed by atoms with E-state index in [0.29, 0.717) is 5.39 Å². The molecule has 0 amide bonds. The first-order valence-electron chi connectivity index (χ1n) is 8.35. The van der Waals surface area contributed by atoms with E-state index in [2.05, 4.69) is 27.3 Å². The van der Waals surface area contributed by atoms with Crippen molar-refractivity contribution in [2.75, 3.05) is 23.3 Å². The van der Waals surface area contributed by atoms with Gasteiger partial charge >= 0.3 is 0 Å². The number of nitro benzene ring substituents is 1. The summed E-state index contributed by atoms with van der Waals surface area (Å²) in [4.78, 5) is 17.2. The molecule has 0 radical (unpaired) electrons. The van der Waals surface area contributed by atoms with Gasteiger partial charge in [0.1, 0.15) is 0 Å². The summed E-state index contributed by atoms with van der Waals surface area (Å²) in [5.74, 6) is 0. The number of nitrogens with one attached hydrogen (secondary N) is 1. The van der Waals surface area contributed by atoms with Gasteiger partial charge in [-0.2, -0.15) is 0 Å². The average molecular weight is 334 g/mol. The maximum atomic E-state index is 11.2. The van der Waals surface area contributed by atoms with Gasteiger partial charge in [0.05, 0.1) is 10.3 Å². The SMILES string of the molecule is O=[N+]([O-])c1ccc(Nc2ccc(N3CCCC3)cc2)c2ccncc12. The van der Waals surface area contributed by atoms with E-state index in [1.807, 2.05) is 12.1 Å². The van der Waals surface area contributed by atoms with E-state index in [4.69, 9.17) is 0 Å². The van der Waals surface area contributed by atoms with Gasteiger partial charge in [-0.1, -0.05) is 0 Å². The largest absolute Gasteiger partial charge is 0.372 e. The second-order valence-electron chi connectivity index (χ2n) is 6.18. The summed E-state index contributed by atoms with van der Waals surface area (Å²) in [6.45, 7) is 2.24. The van der Waals surface area contributed by atoms with Crippen molar-refractivity contribution in [2.45, 2.75) is 12.8 Å². The number of pyridine rings is 1. The standard InChI is InChI=1S/C19H18N4O2/c24-23(25)19-8-7-18(16-9-10-20-13-17(16)19)21-14-3-5-15(6-4-14)22-11-1-2-12-22/h3-10,13,21H,1-2,11-12H2. The molecule has 25 heavy (non-hydrogen) atoms. The van der Waals surface area contributed by atoms with Crippen LogP contribution in [-0.4, -0.2) is 23.0 Å². The van der Waals surface area contributed by atoms with E-state index >= 15 is 0 Å². The Balaban J connectivity index is 1.64. The Kier molecular flexibility index (Phi) is 3.93. The molecule has 6 heteroatoms. The van der Waals surface area contributed by atoms with E-state index in [1.54, 1.807) is 18.3 Å². The van der Waals surface area contributed by atoms with Crippen LogP contribution in [0.15, 0.2) is 54.9 Å². The lowest BCUT2D eigenvalue weighted by atomic mass is 10.1. The summed E-state index contributed by atoms with van der Waals surface area (Å²) in [5.41, 5.74) is 3.09. The molecule has 0 saturated carbocycles. The number of rotatable bonds is 4. The summed E-state index contributed by atoms with van der Waals surface area (Å²) in [6.07, 6.45) is 5.69. The first-order valence-corrected chi connectivity index (χ1v) is 8.35. The molecule has 6 nitrogen and oxygen atoms in total. The van der Waals surface area contributed by atoms with Crippen LogP contribution in [0.4, 0.5) is 22.7 Å². The van der Waals surface area contributed by atoms with Crippen molar-refractivity contribution in [3.8, 4) is 0 Å². The third kappa shape index (κ3) is 2.98. The third-order valence-electron chi connectivity index (χ3n) is 4.61. The Morgan fingerprint density at radius 3 is 2.48 bits per heavy atom. The highest BCUT2D eigenvalue weighted by atomic mass is 16.6. The second-order valence-corrected chi connectivity index (χ2v) is 6.18. The summed E-state index contributed by atoms with van der Waals surface area (Å²) >= 11 is 0. The quantitative estimate of drug-likeness (QED) is 0.562. The predicted octanol–water partition coefficient (Wildman–Crippen LogP) is 4.49. The molecule has 2 heterocycles. The fraction of sp³-hybridized carbons (Fsp3) is 0.211.